The number of hydrogen-bond acceptors (Lipinski definition) is 11. The van der Waals surface area contributed by atoms with E-state index >= 15 is 0 Å². The number of ether oxygens (including phenoxy) is 8. The highest BCUT2D eigenvalue weighted by Gasteiger charge is 2.52. The molecular formula is C72H106O11. The van der Waals surface area contributed by atoms with Gasteiger partial charge < -0.3 is 37.9 Å². The molecule has 0 radical (unpaired) electrons. The van der Waals surface area contributed by atoms with Gasteiger partial charge in [0.15, 0.2) is 18.5 Å². The number of esters is 3. The molecule has 11 nitrogen and oxygen atoms in total. The van der Waals surface area contributed by atoms with Gasteiger partial charge in [-0.15, -0.1) is 0 Å². The Bertz CT molecular complexity index is 2210. The summed E-state index contributed by atoms with van der Waals surface area (Å²) in [6.45, 7) is 6.95. The molecule has 83 heavy (non-hydrogen) atoms. The zero-order valence-electron chi connectivity index (χ0n) is 51.3. The second-order valence-corrected chi connectivity index (χ2v) is 23.2. The number of carbonyl (C=O) groups is 3. The predicted octanol–water partition coefficient (Wildman–Crippen LogP) is 17.7. The van der Waals surface area contributed by atoms with Crippen LogP contribution in [0.1, 0.15) is 229 Å². The van der Waals surface area contributed by atoms with Gasteiger partial charge in [-0.2, -0.15) is 0 Å². The van der Waals surface area contributed by atoms with E-state index in [1.165, 1.54) is 122 Å². The van der Waals surface area contributed by atoms with E-state index in [4.69, 9.17) is 37.9 Å². The zero-order chi connectivity index (χ0) is 58.6. The van der Waals surface area contributed by atoms with Crippen LogP contribution in [0.4, 0.5) is 0 Å². The molecule has 11 heteroatoms. The van der Waals surface area contributed by atoms with Gasteiger partial charge in [0.2, 0.25) is 0 Å². The van der Waals surface area contributed by atoms with E-state index in [0.717, 1.165) is 73.1 Å². The molecule has 0 bridgehead atoms. The van der Waals surface area contributed by atoms with Crippen LogP contribution >= 0.6 is 0 Å². The maximum atomic E-state index is 14.5. The molecule has 1 fully saturated rings. The van der Waals surface area contributed by atoms with Crippen LogP contribution in [0.25, 0.3) is 0 Å². The Morgan fingerprint density at radius 3 is 1.22 bits per heavy atom. The normalized spacial score (nSPS) is 17.7. The Kier molecular flexibility index (Phi) is 37.0. The van der Waals surface area contributed by atoms with Crippen LogP contribution in [-0.2, 0) is 78.7 Å². The molecule has 0 aliphatic carbocycles. The van der Waals surface area contributed by atoms with Crippen molar-refractivity contribution in [2.24, 2.45) is 5.92 Å². The maximum Gasteiger partial charge on any atom is 0.338 e. The Labute approximate surface area is 501 Å². The van der Waals surface area contributed by atoms with Crippen molar-refractivity contribution in [2.75, 3.05) is 13.2 Å². The van der Waals surface area contributed by atoms with Gasteiger partial charge >= 0.3 is 17.9 Å². The standard InChI is InChI=1S/C72H106O11/c1-4-6-8-10-12-13-14-15-16-17-18-24-40-52-66(74)82-64(57-76-65(73)51-39-23-20-19-22-30-42-59(3)41-29-21-11-9-7-5-2)58-81-72-70(79-55-62-47-35-27-36-48-62)68(78-54-61-45-33-26-34-46-61)67(77-53-60-43-31-25-32-44-60)69(83-72)71(75)80-56-63-49-37-28-38-50-63/h25-28,31-38,43-50,59,64,67-70,72H,4-24,29-30,39-42,51-58H2,1-3H3/t59-,64-,67+,68+,69+,70-,72+/m1/s1. The lowest BCUT2D eigenvalue weighted by Crippen LogP contribution is -2.63. The molecule has 4 aromatic rings. The Morgan fingerprint density at radius 1 is 0.398 bits per heavy atom. The van der Waals surface area contributed by atoms with E-state index in [-0.39, 0.29) is 58.5 Å². The predicted molar refractivity (Wildman–Crippen MR) is 331 cm³/mol. The third-order valence-electron chi connectivity index (χ3n) is 15.8. The summed E-state index contributed by atoms with van der Waals surface area (Å²) in [5, 5.41) is 0. The molecule has 1 aliphatic rings. The van der Waals surface area contributed by atoms with E-state index in [0.29, 0.717) is 6.42 Å². The molecule has 0 aromatic heterocycles. The molecular weight excluding hydrogens is 1040 g/mol. The van der Waals surface area contributed by atoms with Gasteiger partial charge in [0.1, 0.15) is 31.5 Å². The first-order chi connectivity index (χ1) is 40.8. The summed E-state index contributed by atoms with van der Waals surface area (Å²) in [7, 11) is 0. The van der Waals surface area contributed by atoms with Crippen LogP contribution in [0.5, 0.6) is 0 Å². The van der Waals surface area contributed by atoms with Crippen molar-refractivity contribution >= 4 is 17.9 Å². The van der Waals surface area contributed by atoms with Crippen molar-refractivity contribution in [3.05, 3.63) is 144 Å². The SMILES string of the molecule is CCCCCCCCCCCCCCCC(=O)O[C@H](COC(=O)CCCCCCCC[C@H](C)CCCCCCCC)CO[C@H]1O[C@H](C(=O)OCc2ccccc2)[C@@H](OCc2ccccc2)[C@H](OCc2ccccc2)[C@H]1OCc1ccccc1. The van der Waals surface area contributed by atoms with E-state index < -0.39 is 48.7 Å². The summed E-state index contributed by atoms with van der Waals surface area (Å²) >= 11 is 0. The van der Waals surface area contributed by atoms with Gasteiger partial charge in [-0.3, -0.25) is 9.59 Å². The first-order valence-electron chi connectivity index (χ1n) is 32.6. The summed E-state index contributed by atoms with van der Waals surface area (Å²) in [4.78, 5) is 41.6. The second kappa shape index (κ2) is 44.6. The topological polar surface area (TPSA) is 125 Å². The lowest BCUT2D eigenvalue weighted by molar-refractivity contribution is -0.323. The lowest BCUT2D eigenvalue weighted by Gasteiger charge is -2.45. The highest BCUT2D eigenvalue weighted by Crippen LogP contribution is 2.33. The highest BCUT2D eigenvalue weighted by atomic mass is 16.7. The van der Waals surface area contributed by atoms with Crippen LogP contribution in [-0.4, -0.2) is 67.9 Å². The van der Waals surface area contributed by atoms with Crippen LogP contribution < -0.4 is 0 Å². The number of benzene rings is 4. The smallest absolute Gasteiger partial charge is 0.338 e. The van der Waals surface area contributed by atoms with Gasteiger partial charge in [0.05, 0.1) is 26.4 Å². The largest absolute Gasteiger partial charge is 0.462 e. The molecule has 0 amide bonds. The van der Waals surface area contributed by atoms with Crippen molar-refractivity contribution in [1.82, 2.24) is 0 Å². The van der Waals surface area contributed by atoms with Crippen LogP contribution in [0.3, 0.4) is 0 Å². The third kappa shape index (κ3) is 30.6. The molecule has 1 aliphatic heterocycles. The number of hydrogen-bond donors (Lipinski definition) is 0. The molecule has 1 saturated heterocycles. The number of unbranched alkanes of at least 4 members (excludes halogenated alkanes) is 22. The molecule has 0 spiro atoms. The average Bonchev–Trinajstić information content (AvgIpc) is 3.71. The van der Waals surface area contributed by atoms with Crippen molar-refractivity contribution < 1.29 is 52.3 Å². The van der Waals surface area contributed by atoms with Gasteiger partial charge in [-0.25, -0.2) is 4.79 Å². The minimum Gasteiger partial charge on any atom is -0.462 e. The fourth-order valence-electron chi connectivity index (χ4n) is 10.8. The van der Waals surface area contributed by atoms with Crippen molar-refractivity contribution in [3.8, 4) is 0 Å². The fourth-order valence-corrected chi connectivity index (χ4v) is 10.8. The van der Waals surface area contributed by atoms with Crippen molar-refractivity contribution in [2.45, 2.75) is 270 Å². The van der Waals surface area contributed by atoms with Crippen LogP contribution in [0.2, 0.25) is 0 Å². The summed E-state index contributed by atoms with van der Waals surface area (Å²) in [6, 6.07) is 38.7. The maximum absolute atomic E-state index is 14.5. The Hall–Kier alpha value is -4.91. The molecule has 460 valence electrons. The summed E-state index contributed by atoms with van der Waals surface area (Å²) in [6.07, 6.45) is 26.7. The van der Waals surface area contributed by atoms with Gasteiger partial charge in [-0.1, -0.05) is 303 Å². The molecule has 0 unspecified atom stereocenters. The van der Waals surface area contributed by atoms with Crippen molar-refractivity contribution in [3.63, 3.8) is 0 Å². The molecule has 7 atom stereocenters. The average molecular weight is 1150 g/mol. The minimum atomic E-state index is -1.34. The molecule has 4 aromatic carbocycles. The number of rotatable bonds is 48. The monoisotopic (exact) mass is 1150 g/mol. The minimum absolute atomic E-state index is 0.00131. The zero-order valence-corrected chi connectivity index (χ0v) is 51.3. The van der Waals surface area contributed by atoms with E-state index in [1.807, 2.05) is 121 Å². The molecule has 0 N–H and O–H groups in total. The van der Waals surface area contributed by atoms with Gasteiger partial charge in [-0.05, 0) is 41.0 Å². The summed E-state index contributed by atoms with van der Waals surface area (Å²) in [5.74, 6) is -0.625. The van der Waals surface area contributed by atoms with Gasteiger partial charge in [0, 0.05) is 12.8 Å². The van der Waals surface area contributed by atoms with Crippen LogP contribution in [0, 0.1) is 5.92 Å². The Balaban J connectivity index is 1.26. The van der Waals surface area contributed by atoms with E-state index in [2.05, 4.69) is 20.8 Å². The Morgan fingerprint density at radius 2 is 0.771 bits per heavy atom. The van der Waals surface area contributed by atoms with Crippen molar-refractivity contribution in [1.29, 1.82) is 0 Å². The fraction of sp³-hybridized carbons (Fsp3) is 0.625. The van der Waals surface area contributed by atoms with Crippen LogP contribution in [0.15, 0.2) is 121 Å². The lowest BCUT2D eigenvalue weighted by atomic mass is 9.96. The third-order valence-corrected chi connectivity index (χ3v) is 15.8. The molecule has 0 saturated carbocycles. The molecule has 1 heterocycles. The van der Waals surface area contributed by atoms with E-state index in [9.17, 15) is 14.4 Å². The van der Waals surface area contributed by atoms with Gasteiger partial charge in [0.25, 0.3) is 0 Å². The highest BCUT2D eigenvalue weighted by molar-refractivity contribution is 5.76. The van der Waals surface area contributed by atoms with E-state index in [1.54, 1.807) is 0 Å². The molecule has 5 rings (SSSR count). The number of carbonyl (C=O) groups excluding carboxylic acids is 3. The first-order valence-corrected chi connectivity index (χ1v) is 32.6. The quantitative estimate of drug-likeness (QED) is 0.0238. The first kappa shape index (κ1) is 68.9. The second-order valence-electron chi connectivity index (χ2n) is 23.2. The summed E-state index contributed by atoms with van der Waals surface area (Å²) in [5.41, 5.74) is 3.49. The summed E-state index contributed by atoms with van der Waals surface area (Å²) < 4.78 is 51.7.